The first-order chi connectivity index (χ1) is 12.6. The van der Waals surface area contributed by atoms with E-state index in [0.29, 0.717) is 11.4 Å². The van der Waals surface area contributed by atoms with E-state index >= 15 is 0 Å². The maximum absolute atomic E-state index is 13.0. The molecule has 134 valence electrons. The van der Waals surface area contributed by atoms with Gasteiger partial charge in [-0.1, -0.05) is 36.4 Å². The molecule has 0 bridgehead atoms. The fourth-order valence-corrected chi connectivity index (χ4v) is 3.88. The van der Waals surface area contributed by atoms with Crippen LogP contribution in [0.3, 0.4) is 0 Å². The highest BCUT2D eigenvalue weighted by molar-refractivity contribution is 6.02. The lowest BCUT2D eigenvalue weighted by Crippen LogP contribution is -2.46. The van der Waals surface area contributed by atoms with Crippen molar-refractivity contribution in [1.29, 1.82) is 0 Å². The Kier molecular flexibility index (Phi) is 4.37. The molecular weight excluding hydrogens is 328 g/mol. The second kappa shape index (κ2) is 6.83. The number of ether oxygens (including phenoxy) is 1. The highest BCUT2D eigenvalue weighted by Gasteiger charge is 2.31. The van der Waals surface area contributed by atoms with Crippen LogP contribution in [0.4, 0.5) is 5.69 Å². The molecule has 4 rings (SSSR count). The maximum Gasteiger partial charge on any atom is 0.265 e. The number of hydrogen-bond donors (Lipinski definition) is 0. The number of benzene rings is 2. The summed E-state index contributed by atoms with van der Waals surface area (Å²) in [5.74, 6) is 0.400. The maximum atomic E-state index is 13.0. The highest BCUT2D eigenvalue weighted by atomic mass is 16.5. The van der Waals surface area contributed by atoms with Crippen molar-refractivity contribution in [3.05, 3.63) is 59.7 Å². The van der Waals surface area contributed by atoms with Crippen LogP contribution in [0.25, 0.3) is 0 Å². The van der Waals surface area contributed by atoms with Crippen molar-refractivity contribution in [3.8, 4) is 5.75 Å². The molecule has 1 heterocycles. The van der Waals surface area contributed by atoms with Crippen LogP contribution in [0.5, 0.6) is 5.75 Å². The van der Waals surface area contributed by atoms with E-state index in [0.717, 1.165) is 19.3 Å². The summed E-state index contributed by atoms with van der Waals surface area (Å²) < 4.78 is 5.45. The van der Waals surface area contributed by atoms with Crippen molar-refractivity contribution < 1.29 is 14.3 Å². The second-order valence-corrected chi connectivity index (χ2v) is 6.85. The summed E-state index contributed by atoms with van der Waals surface area (Å²) in [7, 11) is 1.84. The predicted octanol–water partition coefficient (Wildman–Crippen LogP) is 2.95. The van der Waals surface area contributed by atoms with E-state index in [2.05, 4.69) is 12.1 Å². The summed E-state index contributed by atoms with van der Waals surface area (Å²) >= 11 is 0. The predicted molar refractivity (Wildman–Crippen MR) is 99.2 cm³/mol. The molecule has 2 amide bonds. The van der Waals surface area contributed by atoms with E-state index < -0.39 is 0 Å². The number of anilines is 1. The average Bonchev–Trinajstić information content (AvgIpc) is 2.69. The number of hydrogen-bond acceptors (Lipinski definition) is 3. The summed E-state index contributed by atoms with van der Waals surface area (Å²) in [4.78, 5) is 28.6. The standard InChI is InChI=1S/C21H22N2O3/c1-22(17-11-6-8-15-7-2-3-9-16(15)17)20(24)13-23-18-10-4-5-12-19(18)26-14-21(23)25/h2-5,7,9-10,12,17H,6,8,11,13-14H2,1H3/t17-/m0/s1. The molecule has 2 aliphatic rings. The van der Waals surface area contributed by atoms with E-state index in [9.17, 15) is 9.59 Å². The van der Waals surface area contributed by atoms with Gasteiger partial charge in [0.15, 0.2) is 6.61 Å². The molecule has 5 nitrogen and oxygen atoms in total. The molecule has 0 spiro atoms. The zero-order chi connectivity index (χ0) is 18.1. The van der Waals surface area contributed by atoms with Crippen molar-refractivity contribution in [1.82, 2.24) is 4.90 Å². The molecule has 1 aliphatic heterocycles. The van der Waals surface area contributed by atoms with E-state index in [-0.39, 0.29) is 31.0 Å². The molecule has 2 aromatic rings. The topological polar surface area (TPSA) is 49.9 Å². The smallest absolute Gasteiger partial charge is 0.265 e. The summed E-state index contributed by atoms with van der Waals surface area (Å²) in [6, 6.07) is 15.7. The lowest BCUT2D eigenvalue weighted by Gasteiger charge is -2.35. The van der Waals surface area contributed by atoms with Gasteiger partial charge in [0, 0.05) is 7.05 Å². The number of likely N-dealkylation sites (N-methyl/N-ethyl adjacent to an activating group) is 1. The third kappa shape index (κ3) is 2.94. The first-order valence-corrected chi connectivity index (χ1v) is 9.01. The van der Waals surface area contributed by atoms with Gasteiger partial charge in [-0.25, -0.2) is 0 Å². The molecule has 0 saturated heterocycles. The third-order valence-corrected chi connectivity index (χ3v) is 5.30. The third-order valence-electron chi connectivity index (χ3n) is 5.30. The summed E-state index contributed by atoms with van der Waals surface area (Å²) in [5.41, 5.74) is 3.20. The lowest BCUT2D eigenvalue weighted by molar-refractivity contribution is -0.133. The Labute approximate surface area is 153 Å². The van der Waals surface area contributed by atoms with Gasteiger partial charge in [-0.3, -0.25) is 14.5 Å². The number of amides is 2. The molecule has 0 fully saturated rings. The number of rotatable bonds is 3. The van der Waals surface area contributed by atoms with E-state index in [1.165, 1.54) is 16.0 Å². The molecule has 26 heavy (non-hydrogen) atoms. The first-order valence-electron chi connectivity index (χ1n) is 9.01. The van der Waals surface area contributed by atoms with Crippen LogP contribution in [0.2, 0.25) is 0 Å². The van der Waals surface area contributed by atoms with Crippen molar-refractivity contribution in [2.24, 2.45) is 0 Å². The molecular formula is C21H22N2O3. The molecule has 1 aliphatic carbocycles. The van der Waals surface area contributed by atoms with Gasteiger partial charge in [-0.15, -0.1) is 0 Å². The van der Waals surface area contributed by atoms with Crippen LogP contribution in [-0.4, -0.2) is 36.9 Å². The Bertz CT molecular complexity index is 849. The van der Waals surface area contributed by atoms with Crippen molar-refractivity contribution >= 4 is 17.5 Å². The van der Waals surface area contributed by atoms with Crippen LogP contribution in [0.15, 0.2) is 48.5 Å². The first kappa shape index (κ1) is 16.6. The Hall–Kier alpha value is -2.82. The number of carbonyl (C=O) groups excluding carboxylic acids is 2. The number of para-hydroxylation sites is 2. The molecule has 5 heteroatoms. The normalized spacial score (nSPS) is 18.6. The summed E-state index contributed by atoms with van der Waals surface area (Å²) in [6.45, 7) is 0.00857. The van der Waals surface area contributed by atoms with Gasteiger partial charge < -0.3 is 9.64 Å². The second-order valence-electron chi connectivity index (χ2n) is 6.85. The molecule has 0 N–H and O–H groups in total. The zero-order valence-corrected chi connectivity index (χ0v) is 14.9. The van der Waals surface area contributed by atoms with Gasteiger partial charge in [0.2, 0.25) is 5.91 Å². The number of carbonyl (C=O) groups is 2. The Morgan fingerprint density at radius 2 is 1.96 bits per heavy atom. The Morgan fingerprint density at radius 3 is 2.85 bits per heavy atom. The van der Waals surface area contributed by atoms with Crippen LogP contribution < -0.4 is 9.64 Å². The molecule has 1 atom stereocenters. The quantitative estimate of drug-likeness (QED) is 0.855. The van der Waals surface area contributed by atoms with E-state index in [1.807, 2.05) is 43.4 Å². The van der Waals surface area contributed by atoms with Crippen LogP contribution in [0.1, 0.15) is 30.0 Å². The fraction of sp³-hybridized carbons (Fsp3) is 0.333. The Morgan fingerprint density at radius 1 is 1.19 bits per heavy atom. The van der Waals surface area contributed by atoms with Gasteiger partial charge in [-0.2, -0.15) is 0 Å². The van der Waals surface area contributed by atoms with Gasteiger partial charge in [0.25, 0.3) is 5.91 Å². The summed E-state index contributed by atoms with van der Waals surface area (Å²) in [5, 5.41) is 0. The van der Waals surface area contributed by atoms with Gasteiger partial charge in [0.1, 0.15) is 12.3 Å². The van der Waals surface area contributed by atoms with E-state index in [1.54, 1.807) is 4.90 Å². The van der Waals surface area contributed by atoms with E-state index in [4.69, 9.17) is 4.74 Å². The Balaban J connectivity index is 1.55. The minimum atomic E-state index is -0.186. The molecule has 0 unspecified atom stereocenters. The molecule has 0 saturated carbocycles. The summed E-state index contributed by atoms with van der Waals surface area (Å²) in [6.07, 6.45) is 3.08. The van der Waals surface area contributed by atoms with Gasteiger partial charge >= 0.3 is 0 Å². The highest BCUT2D eigenvalue weighted by Crippen LogP contribution is 2.35. The minimum absolute atomic E-state index is 0.0275. The SMILES string of the molecule is CN(C(=O)CN1C(=O)COc2ccccc21)[C@H]1CCCc2ccccc21. The lowest BCUT2D eigenvalue weighted by atomic mass is 9.87. The minimum Gasteiger partial charge on any atom is -0.482 e. The number of fused-ring (bicyclic) bond motifs is 2. The van der Waals surface area contributed by atoms with Crippen LogP contribution in [-0.2, 0) is 16.0 Å². The number of nitrogens with zero attached hydrogens (tertiary/aromatic N) is 2. The molecule has 0 aromatic heterocycles. The van der Waals surface area contributed by atoms with Crippen molar-refractivity contribution in [3.63, 3.8) is 0 Å². The molecule has 0 radical (unpaired) electrons. The van der Waals surface area contributed by atoms with Crippen LogP contribution >= 0.6 is 0 Å². The number of aryl methyl sites for hydroxylation is 1. The molecule has 2 aromatic carbocycles. The zero-order valence-electron chi connectivity index (χ0n) is 14.9. The van der Waals surface area contributed by atoms with Crippen molar-refractivity contribution in [2.75, 3.05) is 25.1 Å². The van der Waals surface area contributed by atoms with Gasteiger partial charge in [0.05, 0.1) is 11.7 Å². The van der Waals surface area contributed by atoms with Crippen LogP contribution in [0, 0.1) is 0 Å². The van der Waals surface area contributed by atoms with Gasteiger partial charge in [-0.05, 0) is 42.5 Å². The fourth-order valence-electron chi connectivity index (χ4n) is 3.88. The van der Waals surface area contributed by atoms with Crippen molar-refractivity contribution in [2.45, 2.75) is 25.3 Å². The largest absolute Gasteiger partial charge is 0.482 e. The monoisotopic (exact) mass is 350 g/mol. The average molecular weight is 350 g/mol.